The second-order valence-corrected chi connectivity index (χ2v) is 7.26. The summed E-state index contributed by atoms with van der Waals surface area (Å²) >= 11 is 6.13. The van der Waals surface area contributed by atoms with Crippen molar-refractivity contribution in [3.05, 3.63) is 59.4 Å². The van der Waals surface area contributed by atoms with Crippen LogP contribution in [0.5, 0.6) is 0 Å². The number of carbonyl (C=O) groups excluding carboxylic acids is 2. The Morgan fingerprint density at radius 2 is 1.97 bits per heavy atom. The van der Waals surface area contributed by atoms with Gasteiger partial charge in [0.2, 0.25) is 11.8 Å². The number of halogens is 1. The molecule has 7 nitrogen and oxygen atoms in total. The number of benzene rings is 2. The lowest BCUT2D eigenvalue weighted by Crippen LogP contribution is -2.34. The zero-order valence-corrected chi connectivity index (χ0v) is 16.5. The molecular formula is C21H21ClN4O3. The van der Waals surface area contributed by atoms with E-state index in [1.54, 1.807) is 28.8 Å². The van der Waals surface area contributed by atoms with Crippen LogP contribution in [-0.2, 0) is 27.4 Å². The van der Waals surface area contributed by atoms with E-state index < -0.39 is 6.10 Å². The number of anilines is 1. The van der Waals surface area contributed by atoms with Crippen LogP contribution in [0, 0.1) is 0 Å². The number of hydrogen-bond acceptors (Lipinski definition) is 4. The van der Waals surface area contributed by atoms with Gasteiger partial charge in [0.1, 0.15) is 18.5 Å². The molecule has 1 atom stereocenters. The highest BCUT2D eigenvalue weighted by Crippen LogP contribution is 2.21. The van der Waals surface area contributed by atoms with Crippen molar-refractivity contribution in [2.45, 2.75) is 32.0 Å². The minimum atomic E-state index is -0.406. The first kappa shape index (κ1) is 19.4. The molecular weight excluding hydrogens is 392 g/mol. The lowest BCUT2D eigenvalue weighted by molar-refractivity contribution is -0.130. The van der Waals surface area contributed by atoms with Gasteiger partial charge in [0, 0.05) is 6.61 Å². The highest BCUT2D eigenvalue weighted by molar-refractivity contribution is 6.33. The molecule has 0 radical (unpaired) electrons. The number of imidazole rings is 1. The molecule has 1 fully saturated rings. The van der Waals surface area contributed by atoms with E-state index in [1.165, 1.54) is 0 Å². The summed E-state index contributed by atoms with van der Waals surface area (Å²) in [5, 5.41) is 6.17. The molecule has 0 aliphatic carbocycles. The Hall–Kier alpha value is -2.90. The molecule has 2 N–H and O–H groups in total. The summed E-state index contributed by atoms with van der Waals surface area (Å²) in [6.45, 7) is 0.877. The van der Waals surface area contributed by atoms with Crippen molar-refractivity contribution in [2.24, 2.45) is 0 Å². The van der Waals surface area contributed by atoms with Crippen LogP contribution in [0.3, 0.4) is 0 Å². The molecule has 8 heteroatoms. The van der Waals surface area contributed by atoms with Crippen molar-refractivity contribution in [3.63, 3.8) is 0 Å². The summed E-state index contributed by atoms with van der Waals surface area (Å²) < 4.78 is 7.22. The molecule has 1 aromatic heterocycles. The number of ether oxygens (including phenoxy) is 1. The van der Waals surface area contributed by atoms with Gasteiger partial charge in [-0.2, -0.15) is 0 Å². The standard InChI is InChI=1S/C21H21ClN4O3/c22-14-6-1-2-7-15(14)25-20(27)13-26-17-9-4-3-8-16(17)24-19(26)12-23-21(28)18-10-5-11-29-18/h1-4,6-9,18H,5,10-13H2,(H,23,28)(H,25,27). The van der Waals surface area contributed by atoms with E-state index in [9.17, 15) is 9.59 Å². The number of carbonyl (C=O) groups is 2. The predicted octanol–water partition coefficient (Wildman–Crippen LogP) is 3.12. The number of aromatic nitrogens is 2. The molecule has 1 aliphatic rings. The average molecular weight is 413 g/mol. The van der Waals surface area contributed by atoms with E-state index in [1.807, 2.05) is 24.3 Å². The zero-order chi connectivity index (χ0) is 20.2. The average Bonchev–Trinajstić information content (AvgIpc) is 3.37. The van der Waals surface area contributed by atoms with E-state index in [-0.39, 0.29) is 24.9 Å². The summed E-state index contributed by atoms with van der Waals surface area (Å²) in [6.07, 6.45) is 1.21. The minimum absolute atomic E-state index is 0.0524. The summed E-state index contributed by atoms with van der Waals surface area (Å²) in [5.41, 5.74) is 2.14. The zero-order valence-electron chi connectivity index (χ0n) is 15.7. The molecule has 150 valence electrons. The van der Waals surface area contributed by atoms with E-state index in [4.69, 9.17) is 16.3 Å². The molecule has 2 amide bonds. The van der Waals surface area contributed by atoms with Gasteiger partial charge in [0.25, 0.3) is 0 Å². The fraction of sp³-hybridized carbons (Fsp3) is 0.286. The maximum absolute atomic E-state index is 12.6. The third-order valence-corrected chi connectivity index (χ3v) is 5.16. The number of rotatable bonds is 6. The first-order chi connectivity index (χ1) is 14.1. The summed E-state index contributed by atoms with van der Waals surface area (Å²) in [5.74, 6) is 0.224. The van der Waals surface area contributed by atoms with E-state index in [2.05, 4.69) is 15.6 Å². The Balaban J connectivity index is 1.52. The van der Waals surface area contributed by atoms with Crippen molar-refractivity contribution < 1.29 is 14.3 Å². The Bertz CT molecular complexity index is 1040. The van der Waals surface area contributed by atoms with Gasteiger partial charge < -0.3 is 19.9 Å². The van der Waals surface area contributed by atoms with Crippen molar-refractivity contribution >= 4 is 40.1 Å². The number of nitrogens with one attached hydrogen (secondary N) is 2. The molecule has 1 unspecified atom stereocenters. The molecule has 1 saturated heterocycles. The van der Waals surface area contributed by atoms with Crippen molar-refractivity contribution in [3.8, 4) is 0 Å². The lowest BCUT2D eigenvalue weighted by atomic mass is 10.2. The van der Waals surface area contributed by atoms with E-state index in [0.717, 1.165) is 23.9 Å². The summed E-state index contributed by atoms with van der Waals surface area (Å²) in [6, 6.07) is 14.6. The summed E-state index contributed by atoms with van der Waals surface area (Å²) in [4.78, 5) is 29.5. The maximum Gasteiger partial charge on any atom is 0.249 e. The van der Waals surface area contributed by atoms with Crippen molar-refractivity contribution in [1.82, 2.24) is 14.9 Å². The van der Waals surface area contributed by atoms with Gasteiger partial charge in [-0.15, -0.1) is 0 Å². The van der Waals surface area contributed by atoms with Gasteiger partial charge in [-0.1, -0.05) is 35.9 Å². The van der Waals surface area contributed by atoms with Crippen LogP contribution in [-0.4, -0.2) is 34.1 Å². The van der Waals surface area contributed by atoms with Gasteiger partial charge in [-0.05, 0) is 37.1 Å². The second-order valence-electron chi connectivity index (χ2n) is 6.85. The van der Waals surface area contributed by atoms with Gasteiger partial charge in [0.05, 0.1) is 28.3 Å². The normalized spacial score (nSPS) is 16.1. The maximum atomic E-state index is 12.6. The Morgan fingerprint density at radius 1 is 1.17 bits per heavy atom. The molecule has 1 aliphatic heterocycles. The fourth-order valence-electron chi connectivity index (χ4n) is 3.40. The first-order valence-electron chi connectivity index (χ1n) is 9.49. The number of hydrogen-bond donors (Lipinski definition) is 2. The van der Waals surface area contributed by atoms with Crippen molar-refractivity contribution in [1.29, 1.82) is 0 Å². The molecule has 2 heterocycles. The second kappa shape index (κ2) is 8.63. The Labute approximate surface area is 173 Å². The molecule has 4 rings (SSSR count). The molecule has 0 bridgehead atoms. The molecule has 3 aromatic rings. The highest BCUT2D eigenvalue weighted by atomic mass is 35.5. The third-order valence-electron chi connectivity index (χ3n) is 4.83. The van der Waals surface area contributed by atoms with Crippen LogP contribution < -0.4 is 10.6 Å². The van der Waals surface area contributed by atoms with Crippen LogP contribution in [0.25, 0.3) is 11.0 Å². The smallest absolute Gasteiger partial charge is 0.249 e. The SMILES string of the molecule is O=C(Cn1c(CNC(=O)C2CCCO2)nc2ccccc21)Nc1ccccc1Cl. The first-order valence-corrected chi connectivity index (χ1v) is 9.87. The van der Waals surface area contributed by atoms with Crippen LogP contribution in [0.2, 0.25) is 5.02 Å². The Kier molecular flexibility index (Phi) is 5.78. The van der Waals surface area contributed by atoms with E-state index in [0.29, 0.717) is 23.1 Å². The molecule has 29 heavy (non-hydrogen) atoms. The summed E-state index contributed by atoms with van der Waals surface area (Å²) in [7, 11) is 0. The molecule has 0 spiro atoms. The quantitative estimate of drug-likeness (QED) is 0.651. The third kappa shape index (κ3) is 4.41. The van der Waals surface area contributed by atoms with Gasteiger partial charge in [0.15, 0.2) is 0 Å². The van der Waals surface area contributed by atoms with Gasteiger partial charge >= 0.3 is 0 Å². The van der Waals surface area contributed by atoms with Gasteiger partial charge in [-0.3, -0.25) is 9.59 Å². The molecule has 0 saturated carbocycles. The predicted molar refractivity (Wildman–Crippen MR) is 111 cm³/mol. The number of fused-ring (bicyclic) bond motifs is 1. The number of amides is 2. The van der Waals surface area contributed by atoms with Crippen LogP contribution in [0.1, 0.15) is 18.7 Å². The number of nitrogens with zero attached hydrogens (tertiary/aromatic N) is 2. The van der Waals surface area contributed by atoms with Crippen LogP contribution in [0.15, 0.2) is 48.5 Å². The van der Waals surface area contributed by atoms with Crippen LogP contribution in [0.4, 0.5) is 5.69 Å². The van der Waals surface area contributed by atoms with Crippen LogP contribution >= 0.6 is 11.6 Å². The van der Waals surface area contributed by atoms with E-state index >= 15 is 0 Å². The van der Waals surface area contributed by atoms with Gasteiger partial charge in [-0.25, -0.2) is 4.98 Å². The minimum Gasteiger partial charge on any atom is -0.368 e. The topological polar surface area (TPSA) is 85.2 Å². The van der Waals surface area contributed by atoms with Crippen molar-refractivity contribution in [2.75, 3.05) is 11.9 Å². The monoisotopic (exact) mass is 412 g/mol. The largest absolute Gasteiger partial charge is 0.368 e. The lowest BCUT2D eigenvalue weighted by Gasteiger charge is -2.13. The Morgan fingerprint density at radius 3 is 2.76 bits per heavy atom. The number of para-hydroxylation sites is 3. The highest BCUT2D eigenvalue weighted by Gasteiger charge is 2.24. The molecule has 2 aromatic carbocycles. The fourth-order valence-corrected chi connectivity index (χ4v) is 3.58.